The van der Waals surface area contributed by atoms with Crippen LogP contribution < -0.4 is 19.7 Å². The van der Waals surface area contributed by atoms with Crippen molar-refractivity contribution in [2.24, 2.45) is 4.99 Å². The minimum absolute atomic E-state index is 0.115. The minimum atomic E-state index is -4.20. The molecule has 27 heavy (non-hydrogen) atoms. The number of fused-ring (bicyclic) bond motifs is 2. The van der Waals surface area contributed by atoms with E-state index < -0.39 is 39.9 Å². The first kappa shape index (κ1) is 17.8. The van der Waals surface area contributed by atoms with Crippen LogP contribution in [0, 0.1) is 5.82 Å². The summed E-state index contributed by atoms with van der Waals surface area (Å²) < 4.78 is 40.5. The summed E-state index contributed by atoms with van der Waals surface area (Å²) in [5.41, 5.74) is -0.162. The van der Waals surface area contributed by atoms with Gasteiger partial charge in [0.2, 0.25) is 0 Å². The second kappa shape index (κ2) is 6.55. The van der Waals surface area contributed by atoms with Crippen molar-refractivity contribution in [1.29, 1.82) is 0 Å². The summed E-state index contributed by atoms with van der Waals surface area (Å²) in [7, 11) is -4.20. The number of guanidine groups is 1. The number of anilines is 1. The van der Waals surface area contributed by atoms with Crippen molar-refractivity contribution in [2.45, 2.75) is 44.3 Å². The molecule has 3 aliphatic rings. The molecule has 0 spiro atoms. The van der Waals surface area contributed by atoms with Crippen LogP contribution in [0.2, 0.25) is 0 Å². The summed E-state index contributed by atoms with van der Waals surface area (Å²) in [5, 5.41) is 16.8. The molecule has 2 aliphatic heterocycles. The number of aromatic hydroxyl groups is 1. The van der Waals surface area contributed by atoms with Gasteiger partial charge in [-0.05, 0) is 43.4 Å². The highest BCUT2D eigenvalue weighted by atomic mass is 32.2. The predicted molar refractivity (Wildman–Crippen MR) is 95.9 cm³/mol. The number of rotatable bonds is 3. The van der Waals surface area contributed by atoms with Crippen molar-refractivity contribution in [3.63, 3.8) is 0 Å². The van der Waals surface area contributed by atoms with Crippen LogP contribution in [0.1, 0.15) is 31.2 Å². The zero-order valence-corrected chi connectivity index (χ0v) is 15.2. The SMILES string of the molecule is O=C1CN(c2c(O)cc(CN=C3NC4CCCC(C4)N3)cc2F)S(=O)(=O)N1. The van der Waals surface area contributed by atoms with Crippen LogP contribution >= 0.6 is 0 Å². The molecule has 146 valence electrons. The molecule has 1 aromatic rings. The van der Waals surface area contributed by atoms with E-state index in [9.17, 15) is 22.7 Å². The molecule has 0 aromatic heterocycles. The summed E-state index contributed by atoms with van der Waals surface area (Å²) in [6, 6.07) is 3.15. The van der Waals surface area contributed by atoms with Gasteiger partial charge >= 0.3 is 10.2 Å². The molecular weight excluding hydrogens is 377 g/mol. The number of hydrogen-bond acceptors (Lipinski definition) is 5. The smallest absolute Gasteiger partial charge is 0.326 e. The lowest BCUT2D eigenvalue weighted by atomic mass is 9.89. The van der Waals surface area contributed by atoms with Gasteiger partial charge in [-0.25, -0.2) is 18.4 Å². The Labute approximate surface area is 155 Å². The van der Waals surface area contributed by atoms with Gasteiger partial charge in [0.05, 0.1) is 6.54 Å². The van der Waals surface area contributed by atoms with E-state index in [-0.39, 0.29) is 6.54 Å². The van der Waals surface area contributed by atoms with Crippen molar-refractivity contribution in [1.82, 2.24) is 15.4 Å². The number of phenolic OH excluding ortho intramolecular Hbond substituents is 1. The summed E-state index contributed by atoms with van der Waals surface area (Å²) in [6.45, 7) is -0.464. The van der Waals surface area contributed by atoms with Gasteiger partial charge in [-0.1, -0.05) is 0 Å². The lowest BCUT2D eigenvalue weighted by molar-refractivity contribution is -0.117. The summed E-state index contributed by atoms with van der Waals surface area (Å²) in [6.07, 6.45) is 4.41. The molecule has 2 unspecified atom stereocenters. The molecule has 2 heterocycles. The predicted octanol–water partition coefficient (Wildman–Crippen LogP) is 0.0723. The zero-order chi connectivity index (χ0) is 19.2. The average Bonchev–Trinajstić information content (AvgIpc) is 2.84. The van der Waals surface area contributed by atoms with Gasteiger partial charge in [-0.3, -0.25) is 4.79 Å². The standard InChI is InChI=1S/C16H20FN5O4S/c17-12-4-9(7-18-16-19-10-2-1-3-11(6-10)20-16)5-13(23)15(12)22-8-14(24)21-27(22,25)26/h4-5,10-11,23H,1-3,6-8H2,(H,21,24)(H2,18,19,20). The molecule has 1 saturated carbocycles. The van der Waals surface area contributed by atoms with E-state index in [4.69, 9.17) is 0 Å². The number of aliphatic imine (C=N–C) groups is 1. The molecule has 1 aliphatic carbocycles. The van der Waals surface area contributed by atoms with Gasteiger partial charge in [-0.15, -0.1) is 0 Å². The molecule has 4 N–H and O–H groups in total. The normalized spacial score (nSPS) is 26.2. The van der Waals surface area contributed by atoms with Crippen molar-refractivity contribution in [3.8, 4) is 5.75 Å². The molecule has 2 bridgehead atoms. The van der Waals surface area contributed by atoms with Crippen molar-refractivity contribution < 1.29 is 22.7 Å². The van der Waals surface area contributed by atoms with Crippen LogP contribution in [-0.2, 0) is 21.5 Å². The van der Waals surface area contributed by atoms with Crippen LogP contribution in [-0.4, -0.2) is 44.0 Å². The van der Waals surface area contributed by atoms with E-state index >= 15 is 0 Å². The molecule has 0 radical (unpaired) electrons. The Balaban J connectivity index is 1.54. The Kier molecular flexibility index (Phi) is 4.33. The molecule has 2 atom stereocenters. The second-order valence-corrected chi connectivity index (χ2v) is 8.59. The van der Waals surface area contributed by atoms with E-state index in [1.54, 1.807) is 4.72 Å². The monoisotopic (exact) mass is 397 g/mol. The number of halogens is 1. The van der Waals surface area contributed by atoms with Crippen molar-refractivity contribution in [3.05, 3.63) is 23.5 Å². The Bertz CT molecular complexity index is 882. The number of nitrogens with zero attached hydrogens (tertiary/aromatic N) is 2. The van der Waals surface area contributed by atoms with E-state index in [2.05, 4.69) is 15.6 Å². The van der Waals surface area contributed by atoms with Gasteiger partial charge < -0.3 is 15.7 Å². The molecule has 9 nitrogen and oxygen atoms in total. The van der Waals surface area contributed by atoms with Crippen LogP contribution in [0.5, 0.6) is 5.75 Å². The maximum atomic E-state index is 14.5. The van der Waals surface area contributed by atoms with Gasteiger partial charge in [0, 0.05) is 12.1 Å². The maximum absolute atomic E-state index is 14.5. The third-order valence-electron chi connectivity index (χ3n) is 4.95. The highest BCUT2D eigenvalue weighted by molar-refractivity contribution is 7.92. The van der Waals surface area contributed by atoms with E-state index in [1.807, 2.05) is 0 Å². The van der Waals surface area contributed by atoms with Crippen LogP contribution in [0.25, 0.3) is 0 Å². The third-order valence-corrected chi connectivity index (χ3v) is 6.33. The zero-order valence-electron chi connectivity index (χ0n) is 14.4. The molecule has 1 aromatic carbocycles. The Morgan fingerprint density at radius 2 is 1.96 bits per heavy atom. The highest BCUT2D eigenvalue weighted by Gasteiger charge is 2.37. The van der Waals surface area contributed by atoms with Crippen LogP contribution in [0.15, 0.2) is 17.1 Å². The first-order chi connectivity index (χ1) is 12.8. The van der Waals surface area contributed by atoms with Crippen molar-refractivity contribution >= 4 is 27.8 Å². The summed E-state index contributed by atoms with van der Waals surface area (Å²) in [4.78, 5) is 15.7. The fraction of sp³-hybridized carbons (Fsp3) is 0.500. The number of carbonyl (C=O) groups excluding carboxylic acids is 1. The fourth-order valence-corrected chi connectivity index (χ4v) is 4.94. The fourth-order valence-electron chi connectivity index (χ4n) is 3.77. The number of carbonyl (C=O) groups is 1. The Morgan fingerprint density at radius 3 is 2.56 bits per heavy atom. The molecule has 3 fully saturated rings. The Morgan fingerprint density at radius 1 is 1.26 bits per heavy atom. The number of benzene rings is 1. The third kappa shape index (κ3) is 3.51. The highest BCUT2D eigenvalue weighted by Crippen LogP contribution is 2.34. The largest absolute Gasteiger partial charge is 0.506 e. The van der Waals surface area contributed by atoms with Gasteiger partial charge in [-0.2, -0.15) is 8.42 Å². The molecule has 1 amide bonds. The van der Waals surface area contributed by atoms with Gasteiger partial charge in [0.15, 0.2) is 11.8 Å². The van der Waals surface area contributed by atoms with Crippen molar-refractivity contribution in [2.75, 3.05) is 10.8 Å². The number of phenols is 1. The molecular formula is C16H20FN5O4S. The first-order valence-electron chi connectivity index (χ1n) is 8.74. The molecule has 4 rings (SSSR count). The van der Waals surface area contributed by atoms with Gasteiger partial charge in [0.1, 0.15) is 18.0 Å². The minimum Gasteiger partial charge on any atom is -0.506 e. The number of hydrogen-bond donors (Lipinski definition) is 4. The topological polar surface area (TPSA) is 123 Å². The van der Waals surface area contributed by atoms with E-state index in [0.29, 0.717) is 27.9 Å². The quantitative estimate of drug-likeness (QED) is 0.573. The molecule has 2 saturated heterocycles. The number of nitrogens with one attached hydrogen (secondary N) is 3. The van der Waals surface area contributed by atoms with Crippen LogP contribution in [0.4, 0.5) is 10.1 Å². The Hall–Kier alpha value is -2.56. The van der Waals surface area contributed by atoms with Crippen LogP contribution in [0.3, 0.4) is 0 Å². The summed E-state index contributed by atoms with van der Waals surface area (Å²) >= 11 is 0. The maximum Gasteiger partial charge on any atom is 0.326 e. The average molecular weight is 397 g/mol. The number of amides is 1. The lowest BCUT2D eigenvalue weighted by Crippen LogP contribution is -2.57. The second-order valence-electron chi connectivity index (χ2n) is 7.00. The van der Waals surface area contributed by atoms with E-state index in [1.165, 1.54) is 12.5 Å². The first-order valence-corrected chi connectivity index (χ1v) is 10.2. The van der Waals surface area contributed by atoms with E-state index in [0.717, 1.165) is 25.3 Å². The lowest BCUT2D eigenvalue weighted by Gasteiger charge is -2.37. The summed E-state index contributed by atoms with van der Waals surface area (Å²) in [5.74, 6) is -1.64. The van der Waals surface area contributed by atoms with Gasteiger partial charge in [0.25, 0.3) is 5.91 Å². The molecule has 11 heteroatoms.